The van der Waals surface area contributed by atoms with Crippen LogP contribution in [0.5, 0.6) is 0 Å². The molecule has 4 fully saturated rings. The molecule has 4 atom stereocenters. The van der Waals surface area contributed by atoms with Crippen LogP contribution in [0.3, 0.4) is 0 Å². The fourth-order valence-electron chi connectivity index (χ4n) is 2.26. The normalized spacial score (nSPS) is 25.3. The molecular weight excluding hydrogens is 729 g/mol. The van der Waals surface area contributed by atoms with Gasteiger partial charge in [-0.25, -0.2) is 0 Å². The van der Waals surface area contributed by atoms with Gasteiger partial charge in [0.15, 0.2) is 0 Å². The van der Waals surface area contributed by atoms with E-state index < -0.39 is 25.7 Å². The van der Waals surface area contributed by atoms with Gasteiger partial charge < -0.3 is 137 Å². The number of rotatable bonds is 4. The Balaban J connectivity index is 0.000000463. The molecule has 0 spiro atoms. The average molecular weight is 753 g/mol. The molecule has 0 aromatic rings. The van der Waals surface area contributed by atoms with Crippen molar-refractivity contribution >= 4 is 117 Å². The van der Waals surface area contributed by atoms with E-state index in [4.69, 9.17) is 37.9 Å². The molecule has 210 valence electrons. The van der Waals surface area contributed by atoms with Gasteiger partial charge in [-0.05, 0) is 0 Å². The van der Waals surface area contributed by atoms with E-state index in [1.807, 2.05) is 0 Å². The predicted octanol–water partition coefficient (Wildman–Crippen LogP) is -1.05. The molecular formula is C16H24MoN4O8S8. The molecule has 4 aliphatic heterocycles. The summed E-state index contributed by atoms with van der Waals surface area (Å²) >= 11 is 36.0. The maximum absolute atomic E-state index is 4.98. The molecule has 0 aromatic carbocycles. The number of ether oxygens (including phenoxy) is 8. The molecule has 0 aromatic heterocycles. The monoisotopic (exact) mass is 754 g/mol. The third-order valence-electron chi connectivity index (χ3n) is 3.54. The van der Waals surface area contributed by atoms with Crippen LogP contribution in [0.25, 0.3) is 0 Å². The summed E-state index contributed by atoms with van der Waals surface area (Å²) in [4.78, 5) is 0. The van der Waals surface area contributed by atoms with Gasteiger partial charge in [0.05, 0.1) is 26.4 Å². The number of nitrogens with one attached hydrogen (secondary N) is 4. The van der Waals surface area contributed by atoms with Crippen molar-refractivity contribution < 1.29 is 59.0 Å². The van der Waals surface area contributed by atoms with Crippen molar-refractivity contribution in [2.24, 2.45) is 0 Å². The molecule has 4 unspecified atom stereocenters. The first-order valence-electron chi connectivity index (χ1n) is 10.1. The van der Waals surface area contributed by atoms with Crippen LogP contribution in [0.1, 0.15) is 0 Å². The zero-order valence-corrected chi connectivity index (χ0v) is 27.4. The van der Waals surface area contributed by atoms with Gasteiger partial charge in [-0.1, -0.05) is 0 Å². The fourth-order valence-corrected chi connectivity index (χ4v) is 2.96. The van der Waals surface area contributed by atoms with E-state index in [-0.39, 0.29) is 38.6 Å². The third-order valence-corrected chi connectivity index (χ3v) is 4.31. The molecule has 0 radical (unpaired) electrons. The Kier molecular flexibility index (Phi) is 24.0. The summed E-state index contributed by atoms with van der Waals surface area (Å²) in [5.41, 5.74) is 0. The first kappa shape index (κ1) is 37.8. The van der Waals surface area contributed by atoms with Crippen LogP contribution in [0.15, 0.2) is 0 Å². The van der Waals surface area contributed by atoms with Crippen LogP contribution in [-0.2, 0) is 109 Å². The predicted molar refractivity (Wildman–Crippen MR) is 155 cm³/mol. The minimum atomic E-state index is -0.407. The Morgan fingerprint density at radius 3 is 0.784 bits per heavy atom. The molecule has 0 aliphatic carbocycles. The summed E-state index contributed by atoms with van der Waals surface area (Å²) in [5.74, 6) is 0. The van der Waals surface area contributed by atoms with Crippen LogP contribution in [-0.4, -0.2) is 95.8 Å². The molecule has 4 rings (SSSR count). The van der Waals surface area contributed by atoms with E-state index in [1.165, 1.54) is 0 Å². The Hall–Kier alpha value is 0.808. The third kappa shape index (κ3) is 22.2. The molecule has 4 heterocycles. The van der Waals surface area contributed by atoms with E-state index >= 15 is 0 Å². The van der Waals surface area contributed by atoms with Crippen molar-refractivity contribution in [3.8, 4) is 0 Å². The van der Waals surface area contributed by atoms with Crippen molar-refractivity contribution in [3.63, 3.8) is 0 Å². The Morgan fingerprint density at radius 2 is 0.676 bits per heavy atom. The first-order valence-corrected chi connectivity index (χ1v) is 13.3. The van der Waals surface area contributed by atoms with E-state index in [0.717, 1.165) is 26.2 Å². The first-order chi connectivity index (χ1) is 17.2. The SMILES string of the molecule is S=C([S-])OC1NCCO1.S=C([S-])OC1NCCO1.S=C([S-])OC1NCCO1.S=C([S-])OC1NCCO1.[Mo+4]. The quantitative estimate of drug-likeness (QED) is 0.159. The summed E-state index contributed by atoms with van der Waals surface area (Å²) in [6, 6.07) is 0. The van der Waals surface area contributed by atoms with Crippen molar-refractivity contribution in [3.05, 3.63) is 0 Å². The van der Waals surface area contributed by atoms with Crippen molar-refractivity contribution in [1.82, 2.24) is 21.3 Å². The van der Waals surface area contributed by atoms with Gasteiger partial charge >= 0.3 is 21.1 Å². The minimum Gasteiger partial charge on any atom is -0.472 e. The molecule has 4 N–H and O–H groups in total. The second-order valence-electron chi connectivity index (χ2n) is 6.10. The van der Waals surface area contributed by atoms with Crippen molar-refractivity contribution in [2.45, 2.75) is 25.7 Å². The number of thiocarbonyl (C=S) groups is 4. The molecule has 0 amide bonds. The molecule has 0 bridgehead atoms. The van der Waals surface area contributed by atoms with Gasteiger partial charge in [0, 0.05) is 43.7 Å². The van der Waals surface area contributed by atoms with Gasteiger partial charge in [-0.3, -0.25) is 21.3 Å². The Bertz CT molecular complexity index is 571. The maximum atomic E-state index is 4.98. The standard InChI is InChI=1S/4C4H7NO2S2.Mo/c4*8-4(9)7-3-5-1-2-6-3;/h4*3,5H,1-2H2,(H,8,9);/q;;;;+4/p-4. The Morgan fingerprint density at radius 1 is 0.486 bits per heavy atom. The van der Waals surface area contributed by atoms with Crippen molar-refractivity contribution in [1.29, 1.82) is 0 Å². The summed E-state index contributed by atoms with van der Waals surface area (Å²) < 4.78 is 39.6. The zero-order chi connectivity index (χ0) is 26.8. The van der Waals surface area contributed by atoms with Gasteiger partial charge in [-0.15, -0.1) is 0 Å². The van der Waals surface area contributed by atoms with Gasteiger partial charge in [0.2, 0.25) is 0 Å². The molecule has 0 saturated carbocycles. The van der Waals surface area contributed by atoms with E-state index in [2.05, 4.69) is 121 Å². The smallest absolute Gasteiger partial charge is 0.472 e. The van der Waals surface area contributed by atoms with E-state index in [0.29, 0.717) is 26.4 Å². The van der Waals surface area contributed by atoms with Crippen molar-refractivity contribution in [2.75, 3.05) is 52.6 Å². The average Bonchev–Trinajstić information content (AvgIpc) is 3.58. The fraction of sp³-hybridized carbons (Fsp3) is 0.750. The van der Waals surface area contributed by atoms with Crippen LogP contribution >= 0.6 is 48.9 Å². The van der Waals surface area contributed by atoms with E-state index in [1.54, 1.807) is 0 Å². The topological polar surface area (TPSA) is 122 Å². The molecule has 4 saturated heterocycles. The molecule has 21 heteroatoms. The molecule has 12 nitrogen and oxygen atoms in total. The number of hydrogen-bond acceptors (Lipinski definition) is 20. The van der Waals surface area contributed by atoms with Crippen LogP contribution in [0.2, 0.25) is 0 Å². The van der Waals surface area contributed by atoms with Gasteiger partial charge in [-0.2, -0.15) is 0 Å². The number of hydrogen-bond donors (Lipinski definition) is 4. The van der Waals surface area contributed by atoms with Crippen LogP contribution in [0.4, 0.5) is 0 Å². The van der Waals surface area contributed by atoms with Gasteiger partial charge in [0.1, 0.15) is 0 Å². The summed E-state index contributed by atoms with van der Waals surface area (Å²) in [6.45, 7) is 5.80. The molecule has 37 heavy (non-hydrogen) atoms. The second kappa shape index (κ2) is 23.5. The van der Waals surface area contributed by atoms with Crippen LogP contribution < -0.4 is 21.3 Å². The maximum Gasteiger partial charge on any atom is 4.00 e. The van der Waals surface area contributed by atoms with Crippen LogP contribution in [0, 0.1) is 0 Å². The zero-order valence-electron chi connectivity index (χ0n) is 18.9. The summed E-state index contributed by atoms with van der Waals surface area (Å²) in [5, 5.41) is 11.6. The minimum absolute atomic E-state index is 0. The largest absolute Gasteiger partial charge is 4.00 e. The van der Waals surface area contributed by atoms with Gasteiger partial charge in [0.25, 0.3) is 25.7 Å². The Labute approximate surface area is 273 Å². The van der Waals surface area contributed by atoms with E-state index in [9.17, 15) is 0 Å². The molecule has 4 aliphatic rings. The summed E-state index contributed by atoms with van der Waals surface area (Å²) in [7, 11) is 0. The second-order valence-corrected chi connectivity index (χ2v) is 10.1. The summed E-state index contributed by atoms with van der Waals surface area (Å²) in [6.07, 6.45) is -1.63.